The topological polar surface area (TPSA) is 58.6 Å². The summed E-state index contributed by atoms with van der Waals surface area (Å²) in [5.41, 5.74) is 4.75. The van der Waals surface area contributed by atoms with Crippen molar-refractivity contribution in [1.82, 2.24) is 4.98 Å². The minimum Gasteiger partial charge on any atom is -0.507 e. The highest BCUT2D eigenvalue weighted by molar-refractivity contribution is 6.30. The van der Waals surface area contributed by atoms with Gasteiger partial charge in [-0.3, -0.25) is 4.99 Å². The number of aromatic hydroxyl groups is 1. The summed E-state index contributed by atoms with van der Waals surface area (Å²) in [5, 5.41) is 11.1. The van der Waals surface area contributed by atoms with Gasteiger partial charge in [-0.15, -0.1) is 0 Å². The molecule has 0 amide bonds. The van der Waals surface area contributed by atoms with Crippen LogP contribution in [-0.2, 0) is 0 Å². The lowest BCUT2D eigenvalue weighted by Gasteiger charge is -2.01. The molecule has 5 heteroatoms. The van der Waals surface area contributed by atoms with Gasteiger partial charge in [0, 0.05) is 17.3 Å². The third kappa shape index (κ3) is 3.97. The molecule has 28 heavy (non-hydrogen) atoms. The van der Waals surface area contributed by atoms with Crippen LogP contribution in [0.1, 0.15) is 11.1 Å². The van der Waals surface area contributed by atoms with Gasteiger partial charge in [-0.2, -0.15) is 0 Å². The minimum absolute atomic E-state index is 0.0691. The van der Waals surface area contributed by atoms with E-state index in [0.29, 0.717) is 27.7 Å². The predicted molar refractivity (Wildman–Crippen MR) is 114 cm³/mol. The molecule has 0 radical (unpaired) electrons. The average Bonchev–Trinajstić information content (AvgIpc) is 3.09. The van der Waals surface area contributed by atoms with E-state index in [2.05, 4.69) is 9.98 Å². The van der Waals surface area contributed by atoms with Gasteiger partial charge in [-0.25, -0.2) is 4.98 Å². The molecule has 3 aromatic carbocycles. The molecule has 0 atom stereocenters. The highest BCUT2D eigenvalue weighted by atomic mass is 35.5. The number of aliphatic imine (C=N–C) groups is 1. The van der Waals surface area contributed by atoms with Gasteiger partial charge in [0.2, 0.25) is 5.89 Å². The van der Waals surface area contributed by atoms with Crippen molar-refractivity contribution in [3.05, 3.63) is 82.9 Å². The van der Waals surface area contributed by atoms with E-state index >= 15 is 0 Å². The van der Waals surface area contributed by atoms with Crippen LogP contribution < -0.4 is 0 Å². The molecule has 1 N–H and O–H groups in total. The largest absolute Gasteiger partial charge is 0.507 e. The van der Waals surface area contributed by atoms with Crippen LogP contribution in [0.5, 0.6) is 5.75 Å². The normalized spacial score (nSPS) is 11.8. The number of nitrogens with zero attached hydrogens (tertiary/aromatic N) is 2. The summed E-state index contributed by atoms with van der Waals surface area (Å²) < 4.78 is 5.76. The lowest BCUT2D eigenvalue weighted by Crippen LogP contribution is -1.79. The van der Waals surface area contributed by atoms with Crippen LogP contribution in [-0.4, -0.2) is 16.3 Å². The number of allylic oxidation sites excluding steroid dienone is 1. The highest BCUT2D eigenvalue weighted by Crippen LogP contribution is 2.33. The summed E-state index contributed by atoms with van der Waals surface area (Å²) in [7, 11) is 0. The van der Waals surface area contributed by atoms with Crippen molar-refractivity contribution in [2.24, 2.45) is 4.99 Å². The molecule has 138 valence electrons. The van der Waals surface area contributed by atoms with Crippen molar-refractivity contribution in [2.75, 3.05) is 0 Å². The van der Waals surface area contributed by atoms with Crippen molar-refractivity contribution in [2.45, 2.75) is 6.92 Å². The van der Waals surface area contributed by atoms with Crippen molar-refractivity contribution >= 4 is 40.7 Å². The number of phenolic OH excluding ortho intramolecular Hbond substituents is 1. The molecular weight excluding hydrogens is 372 g/mol. The smallest absolute Gasteiger partial charge is 0.231 e. The number of aryl methyl sites for hydroxylation is 1. The first-order chi connectivity index (χ1) is 13.6. The Hall–Kier alpha value is -3.37. The second-order valence-electron chi connectivity index (χ2n) is 6.38. The fourth-order valence-corrected chi connectivity index (χ4v) is 2.92. The maximum atomic E-state index is 10.4. The van der Waals surface area contributed by atoms with Gasteiger partial charge >= 0.3 is 0 Å². The second-order valence-corrected chi connectivity index (χ2v) is 6.82. The summed E-state index contributed by atoms with van der Waals surface area (Å²) in [5.74, 6) is 0.455. The zero-order valence-electron chi connectivity index (χ0n) is 15.1. The second kappa shape index (κ2) is 7.71. The number of hydrogen-bond donors (Lipinski definition) is 1. The quantitative estimate of drug-likeness (QED) is 0.402. The maximum absolute atomic E-state index is 10.4. The first-order valence-electron chi connectivity index (χ1n) is 8.75. The number of phenols is 1. The number of aromatic nitrogens is 1. The zero-order valence-corrected chi connectivity index (χ0v) is 15.9. The number of fused-ring (bicyclic) bond motifs is 1. The van der Waals surface area contributed by atoms with Gasteiger partial charge in [0.25, 0.3) is 0 Å². The van der Waals surface area contributed by atoms with Crippen LogP contribution >= 0.6 is 11.6 Å². The Kier molecular flexibility index (Phi) is 4.96. The fraction of sp³-hybridized carbons (Fsp3) is 0.0435. The molecule has 0 saturated carbocycles. The summed E-state index contributed by atoms with van der Waals surface area (Å²) in [4.78, 5) is 8.80. The van der Waals surface area contributed by atoms with E-state index in [-0.39, 0.29) is 5.75 Å². The van der Waals surface area contributed by atoms with Gasteiger partial charge < -0.3 is 9.52 Å². The lowest BCUT2D eigenvalue weighted by atomic mass is 10.2. The molecule has 0 spiro atoms. The Morgan fingerprint density at radius 2 is 1.86 bits per heavy atom. The number of halogens is 1. The summed E-state index contributed by atoms with van der Waals surface area (Å²) in [6.07, 6.45) is 5.43. The molecule has 4 nitrogen and oxygen atoms in total. The molecular formula is C23H17ClN2O2. The van der Waals surface area contributed by atoms with Crippen LogP contribution in [0.25, 0.3) is 28.6 Å². The summed E-state index contributed by atoms with van der Waals surface area (Å²) in [6.45, 7) is 2.00. The number of benzene rings is 3. The number of hydrogen-bond acceptors (Lipinski definition) is 4. The molecule has 1 aromatic heterocycles. The van der Waals surface area contributed by atoms with E-state index in [1.807, 2.05) is 67.6 Å². The predicted octanol–water partition coefficient (Wildman–Crippen LogP) is 6.58. The molecule has 0 saturated heterocycles. The lowest BCUT2D eigenvalue weighted by molar-refractivity contribution is 0.474. The monoisotopic (exact) mass is 388 g/mol. The molecule has 0 fully saturated rings. The maximum Gasteiger partial charge on any atom is 0.231 e. The standard InChI is InChI=1S/C23H17ClN2O2/c1-15-4-11-22-20(13-15)26-23(28-22)19-10-9-18(14-21(19)27)25-12-2-3-16-5-7-17(24)8-6-16/h2-14,27H,1H3. The van der Waals surface area contributed by atoms with Gasteiger partial charge in [0.15, 0.2) is 5.58 Å². The van der Waals surface area contributed by atoms with Gasteiger partial charge in [-0.05, 0) is 60.5 Å². The Bertz CT molecular complexity index is 1190. The Morgan fingerprint density at radius 3 is 2.64 bits per heavy atom. The van der Waals surface area contributed by atoms with Crippen LogP contribution in [0, 0.1) is 6.92 Å². The van der Waals surface area contributed by atoms with Crippen LogP contribution in [0.15, 0.2) is 76.1 Å². The van der Waals surface area contributed by atoms with E-state index in [1.165, 1.54) is 0 Å². The third-order valence-electron chi connectivity index (χ3n) is 4.22. The summed E-state index contributed by atoms with van der Waals surface area (Å²) in [6, 6.07) is 18.5. The van der Waals surface area contributed by atoms with E-state index < -0.39 is 0 Å². The first-order valence-corrected chi connectivity index (χ1v) is 9.13. The Balaban J connectivity index is 1.52. The van der Waals surface area contributed by atoms with E-state index in [1.54, 1.807) is 18.3 Å². The zero-order chi connectivity index (χ0) is 19.5. The van der Waals surface area contributed by atoms with Crippen LogP contribution in [0.4, 0.5) is 5.69 Å². The molecule has 0 aliphatic heterocycles. The molecule has 0 unspecified atom stereocenters. The fourth-order valence-electron chi connectivity index (χ4n) is 2.79. The van der Waals surface area contributed by atoms with Crippen molar-refractivity contribution in [1.29, 1.82) is 0 Å². The Morgan fingerprint density at radius 1 is 1.04 bits per heavy atom. The van der Waals surface area contributed by atoms with Crippen molar-refractivity contribution in [3.63, 3.8) is 0 Å². The molecule has 1 heterocycles. The van der Waals surface area contributed by atoms with Crippen LogP contribution in [0.2, 0.25) is 5.02 Å². The average molecular weight is 389 g/mol. The Labute approximate surface area is 167 Å². The van der Waals surface area contributed by atoms with Crippen molar-refractivity contribution in [3.8, 4) is 17.2 Å². The highest BCUT2D eigenvalue weighted by Gasteiger charge is 2.12. The molecule has 4 aromatic rings. The summed E-state index contributed by atoms with van der Waals surface area (Å²) >= 11 is 5.87. The van der Waals surface area contributed by atoms with E-state index in [4.69, 9.17) is 16.0 Å². The van der Waals surface area contributed by atoms with Crippen LogP contribution in [0.3, 0.4) is 0 Å². The first kappa shape index (κ1) is 18.0. The molecule has 0 aliphatic carbocycles. The molecule has 0 bridgehead atoms. The minimum atomic E-state index is 0.0691. The van der Waals surface area contributed by atoms with E-state index in [0.717, 1.165) is 16.6 Å². The van der Waals surface area contributed by atoms with Gasteiger partial charge in [0.1, 0.15) is 11.3 Å². The SMILES string of the molecule is Cc1ccc2oc(-c3ccc(N=CC=Cc4ccc(Cl)cc4)cc3O)nc2c1. The van der Waals surface area contributed by atoms with Gasteiger partial charge in [-0.1, -0.05) is 35.9 Å². The number of oxazole rings is 1. The number of rotatable bonds is 4. The third-order valence-corrected chi connectivity index (χ3v) is 4.48. The van der Waals surface area contributed by atoms with E-state index in [9.17, 15) is 5.11 Å². The van der Waals surface area contributed by atoms with Gasteiger partial charge in [0.05, 0.1) is 11.3 Å². The molecule has 0 aliphatic rings. The molecule has 4 rings (SSSR count). The van der Waals surface area contributed by atoms with Crippen molar-refractivity contribution < 1.29 is 9.52 Å².